The summed E-state index contributed by atoms with van der Waals surface area (Å²) < 4.78 is 0. The molecule has 1 atom stereocenters. The maximum Gasteiger partial charge on any atom is 0.241 e. The van der Waals surface area contributed by atoms with Crippen LogP contribution in [0.4, 0.5) is 5.69 Å². The van der Waals surface area contributed by atoms with E-state index in [-0.39, 0.29) is 5.91 Å². The van der Waals surface area contributed by atoms with Crippen LogP contribution in [0.1, 0.15) is 25.3 Å². The number of halogens is 2. The number of nitrogens with one attached hydrogen (secondary N) is 1. The first kappa shape index (κ1) is 14.8. The van der Waals surface area contributed by atoms with Crippen molar-refractivity contribution in [3.8, 4) is 6.07 Å². The fourth-order valence-corrected chi connectivity index (χ4v) is 1.93. The molecule has 18 heavy (non-hydrogen) atoms. The molecule has 0 fully saturated rings. The highest BCUT2D eigenvalue weighted by Gasteiger charge is 2.18. The minimum Gasteiger partial charge on any atom is -0.324 e. The molecule has 1 amide bonds. The first-order valence-corrected chi connectivity index (χ1v) is 6.41. The zero-order valence-corrected chi connectivity index (χ0v) is 11.8. The SMILES string of the molecule is CCCC(C#N)C(=O)Nc1cc(Cl)c(C)cc1Cl. The Morgan fingerprint density at radius 3 is 2.67 bits per heavy atom. The number of nitriles is 1. The van der Waals surface area contributed by atoms with E-state index in [1.807, 2.05) is 19.9 Å². The quantitative estimate of drug-likeness (QED) is 0.902. The van der Waals surface area contributed by atoms with Crippen LogP contribution < -0.4 is 5.32 Å². The van der Waals surface area contributed by atoms with E-state index in [0.29, 0.717) is 22.2 Å². The van der Waals surface area contributed by atoms with E-state index in [1.165, 1.54) is 0 Å². The molecule has 0 radical (unpaired) electrons. The van der Waals surface area contributed by atoms with Gasteiger partial charge in [0.25, 0.3) is 0 Å². The van der Waals surface area contributed by atoms with Gasteiger partial charge < -0.3 is 5.32 Å². The van der Waals surface area contributed by atoms with Crippen LogP contribution in [0.2, 0.25) is 10.0 Å². The van der Waals surface area contributed by atoms with Crippen molar-refractivity contribution in [1.82, 2.24) is 0 Å². The summed E-state index contributed by atoms with van der Waals surface area (Å²) in [5, 5.41) is 12.5. The van der Waals surface area contributed by atoms with E-state index in [1.54, 1.807) is 12.1 Å². The van der Waals surface area contributed by atoms with E-state index in [4.69, 9.17) is 28.5 Å². The lowest BCUT2D eigenvalue weighted by atomic mass is 10.0. The summed E-state index contributed by atoms with van der Waals surface area (Å²) in [6.45, 7) is 3.75. The fraction of sp³-hybridized carbons (Fsp3) is 0.385. The molecule has 0 aliphatic carbocycles. The molecule has 1 unspecified atom stereocenters. The molecule has 3 nitrogen and oxygen atoms in total. The second-order valence-electron chi connectivity index (χ2n) is 4.04. The van der Waals surface area contributed by atoms with Gasteiger partial charge in [-0.3, -0.25) is 4.79 Å². The Hall–Kier alpha value is -1.24. The summed E-state index contributed by atoms with van der Waals surface area (Å²) in [4.78, 5) is 11.8. The van der Waals surface area contributed by atoms with Crippen molar-refractivity contribution < 1.29 is 4.79 Å². The van der Waals surface area contributed by atoms with Crippen molar-refractivity contribution >= 4 is 34.8 Å². The molecule has 1 aromatic carbocycles. The van der Waals surface area contributed by atoms with Crippen molar-refractivity contribution in [3.63, 3.8) is 0 Å². The number of benzene rings is 1. The molecule has 0 aliphatic heterocycles. The highest BCUT2D eigenvalue weighted by Crippen LogP contribution is 2.29. The highest BCUT2D eigenvalue weighted by molar-refractivity contribution is 6.36. The van der Waals surface area contributed by atoms with E-state index < -0.39 is 5.92 Å². The summed E-state index contributed by atoms with van der Waals surface area (Å²) in [7, 11) is 0. The number of anilines is 1. The molecule has 1 aromatic rings. The topological polar surface area (TPSA) is 52.9 Å². The molecule has 1 rings (SSSR count). The Balaban J connectivity index is 2.88. The Morgan fingerprint density at radius 2 is 2.11 bits per heavy atom. The van der Waals surface area contributed by atoms with Crippen molar-refractivity contribution in [2.75, 3.05) is 5.32 Å². The monoisotopic (exact) mass is 284 g/mol. The van der Waals surface area contributed by atoms with Gasteiger partial charge in [-0.2, -0.15) is 5.26 Å². The van der Waals surface area contributed by atoms with E-state index in [2.05, 4.69) is 5.32 Å². The summed E-state index contributed by atoms with van der Waals surface area (Å²) in [6, 6.07) is 5.26. The predicted octanol–water partition coefficient (Wildman–Crippen LogP) is 4.18. The molecule has 0 heterocycles. The van der Waals surface area contributed by atoms with Gasteiger partial charge in [-0.15, -0.1) is 0 Å². The number of rotatable bonds is 4. The molecule has 0 saturated carbocycles. The average Bonchev–Trinajstić information content (AvgIpc) is 2.32. The molecule has 0 aromatic heterocycles. The minimum atomic E-state index is -0.661. The zero-order valence-electron chi connectivity index (χ0n) is 10.3. The molecule has 1 N–H and O–H groups in total. The molecule has 5 heteroatoms. The maximum absolute atomic E-state index is 11.8. The van der Waals surface area contributed by atoms with Gasteiger partial charge in [0, 0.05) is 5.02 Å². The molecule has 0 aliphatic rings. The minimum absolute atomic E-state index is 0.346. The van der Waals surface area contributed by atoms with Gasteiger partial charge in [-0.05, 0) is 31.0 Å². The molecule has 0 spiro atoms. The van der Waals surface area contributed by atoms with Crippen LogP contribution in [-0.2, 0) is 4.79 Å². The Kier molecular flexibility index (Phi) is 5.46. The van der Waals surface area contributed by atoms with E-state index in [9.17, 15) is 4.79 Å². The summed E-state index contributed by atoms with van der Waals surface area (Å²) in [6.07, 6.45) is 1.30. The second kappa shape index (κ2) is 6.63. The third kappa shape index (κ3) is 3.63. The lowest BCUT2D eigenvalue weighted by molar-refractivity contribution is -0.118. The van der Waals surface area contributed by atoms with Gasteiger partial charge in [-0.25, -0.2) is 0 Å². The molecule has 0 bridgehead atoms. The smallest absolute Gasteiger partial charge is 0.241 e. The molecule has 0 saturated heterocycles. The second-order valence-corrected chi connectivity index (χ2v) is 4.86. The van der Waals surface area contributed by atoms with Crippen LogP contribution in [0.3, 0.4) is 0 Å². The number of aryl methyl sites for hydroxylation is 1. The third-order valence-electron chi connectivity index (χ3n) is 2.56. The fourth-order valence-electron chi connectivity index (χ4n) is 1.50. The van der Waals surface area contributed by atoms with Crippen molar-refractivity contribution in [2.24, 2.45) is 5.92 Å². The average molecular weight is 285 g/mol. The Bertz CT molecular complexity index is 494. The molecule has 96 valence electrons. The van der Waals surface area contributed by atoms with Crippen molar-refractivity contribution in [3.05, 3.63) is 27.7 Å². The van der Waals surface area contributed by atoms with Gasteiger partial charge in [0.15, 0.2) is 0 Å². The maximum atomic E-state index is 11.8. The predicted molar refractivity (Wildman–Crippen MR) is 73.8 cm³/mol. The van der Waals surface area contributed by atoms with Crippen LogP contribution >= 0.6 is 23.2 Å². The van der Waals surface area contributed by atoms with Crippen molar-refractivity contribution in [2.45, 2.75) is 26.7 Å². The lowest BCUT2D eigenvalue weighted by Crippen LogP contribution is -2.21. The van der Waals surface area contributed by atoms with Crippen LogP contribution in [0.15, 0.2) is 12.1 Å². The third-order valence-corrected chi connectivity index (χ3v) is 3.28. The standard InChI is InChI=1S/C13H14Cl2N2O/c1-3-4-9(7-16)13(18)17-12-6-10(14)8(2)5-11(12)15/h5-6,9H,3-4H2,1-2H3,(H,17,18). The number of hydrogen-bond acceptors (Lipinski definition) is 2. The Morgan fingerprint density at radius 1 is 1.44 bits per heavy atom. The zero-order chi connectivity index (χ0) is 13.7. The van der Waals surface area contributed by atoms with Gasteiger partial charge in [0.05, 0.1) is 16.8 Å². The van der Waals surface area contributed by atoms with Crippen LogP contribution in [-0.4, -0.2) is 5.91 Å². The van der Waals surface area contributed by atoms with E-state index in [0.717, 1.165) is 12.0 Å². The summed E-state index contributed by atoms with van der Waals surface area (Å²) in [5.74, 6) is -1.01. The van der Waals surface area contributed by atoms with Crippen LogP contribution in [0, 0.1) is 24.2 Å². The number of carbonyl (C=O) groups excluding carboxylic acids is 1. The van der Waals surface area contributed by atoms with Gasteiger partial charge in [-0.1, -0.05) is 36.5 Å². The normalized spacial score (nSPS) is 11.7. The number of amides is 1. The number of nitrogens with zero attached hydrogens (tertiary/aromatic N) is 1. The van der Waals surface area contributed by atoms with Gasteiger partial charge in [0.2, 0.25) is 5.91 Å². The van der Waals surface area contributed by atoms with Gasteiger partial charge >= 0.3 is 0 Å². The van der Waals surface area contributed by atoms with Crippen molar-refractivity contribution in [1.29, 1.82) is 5.26 Å². The molecular weight excluding hydrogens is 271 g/mol. The lowest BCUT2D eigenvalue weighted by Gasteiger charge is -2.11. The molecular formula is C13H14Cl2N2O. The summed E-state index contributed by atoms with van der Waals surface area (Å²) in [5.41, 5.74) is 1.28. The highest BCUT2D eigenvalue weighted by atomic mass is 35.5. The number of carbonyl (C=O) groups is 1. The van der Waals surface area contributed by atoms with Gasteiger partial charge in [0.1, 0.15) is 5.92 Å². The Labute approximate surface area is 117 Å². The van der Waals surface area contributed by atoms with Crippen LogP contribution in [0.25, 0.3) is 0 Å². The first-order valence-electron chi connectivity index (χ1n) is 5.65. The largest absolute Gasteiger partial charge is 0.324 e. The number of hydrogen-bond donors (Lipinski definition) is 1. The van der Waals surface area contributed by atoms with E-state index >= 15 is 0 Å². The van der Waals surface area contributed by atoms with Crippen LogP contribution in [0.5, 0.6) is 0 Å². The summed E-state index contributed by atoms with van der Waals surface area (Å²) >= 11 is 12.0. The first-order chi connectivity index (χ1) is 8.49.